The maximum absolute atomic E-state index is 13.3. The molecule has 1 aliphatic heterocycles. The Balaban J connectivity index is 1.84. The van der Waals surface area contributed by atoms with E-state index >= 15 is 0 Å². The number of carbonyl (C=O) groups excluding carboxylic acids is 2. The highest BCUT2D eigenvalue weighted by Crippen LogP contribution is 2.31. The van der Waals surface area contributed by atoms with Crippen molar-refractivity contribution in [3.8, 4) is 11.5 Å². The molecule has 3 rings (SSSR count). The number of amidine groups is 1. The first-order valence-corrected chi connectivity index (χ1v) is 10.6. The number of thioether (sulfide) groups is 1. The van der Waals surface area contributed by atoms with Gasteiger partial charge in [0.2, 0.25) is 11.8 Å². The van der Waals surface area contributed by atoms with Crippen molar-refractivity contribution in [2.75, 3.05) is 27.8 Å². The van der Waals surface area contributed by atoms with E-state index in [2.05, 4.69) is 10.3 Å². The van der Waals surface area contributed by atoms with Crippen LogP contribution in [0.15, 0.2) is 47.5 Å². The lowest BCUT2D eigenvalue weighted by Crippen LogP contribution is -2.46. The van der Waals surface area contributed by atoms with E-state index in [9.17, 15) is 14.0 Å². The number of aliphatic imine (C=N–C) groups is 1. The highest BCUT2D eigenvalue weighted by atomic mass is 32.2. The molecule has 1 aliphatic rings. The summed E-state index contributed by atoms with van der Waals surface area (Å²) >= 11 is 1.23. The number of halogens is 1. The first-order valence-electron chi connectivity index (χ1n) is 9.69. The number of amides is 2. The number of nitrogens with one attached hydrogen (secondary N) is 1. The Hall–Kier alpha value is -3.07. The zero-order valence-corrected chi connectivity index (χ0v) is 18.4. The van der Waals surface area contributed by atoms with Crippen LogP contribution in [0.25, 0.3) is 0 Å². The fraction of sp³-hybridized carbons (Fsp3) is 0.318. The van der Waals surface area contributed by atoms with E-state index in [0.29, 0.717) is 35.3 Å². The number of carbonyl (C=O) groups is 2. The summed E-state index contributed by atoms with van der Waals surface area (Å²) in [5.41, 5.74) is 1.47. The molecule has 0 radical (unpaired) electrons. The quantitative estimate of drug-likeness (QED) is 0.708. The Morgan fingerprint density at radius 2 is 1.90 bits per heavy atom. The van der Waals surface area contributed by atoms with Gasteiger partial charge in [-0.3, -0.25) is 14.5 Å². The zero-order valence-electron chi connectivity index (χ0n) is 17.6. The van der Waals surface area contributed by atoms with Gasteiger partial charge in [0, 0.05) is 20.0 Å². The van der Waals surface area contributed by atoms with Crippen molar-refractivity contribution in [1.29, 1.82) is 0 Å². The molecule has 1 N–H and O–H groups in total. The third-order valence-corrected chi connectivity index (χ3v) is 5.99. The van der Waals surface area contributed by atoms with Gasteiger partial charge in [-0.05, 0) is 48.4 Å². The monoisotopic (exact) mass is 445 g/mol. The summed E-state index contributed by atoms with van der Waals surface area (Å²) in [6.07, 6.45) is 0.637. The van der Waals surface area contributed by atoms with Crippen LogP contribution < -0.4 is 14.8 Å². The van der Waals surface area contributed by atoms with Crippen molar-refractivity contribution in [1.82, 2.24) is 10.2 Å². The van der Waals surface area contributed by atoms with Gasteiger partial charge >= 0.3 is 0 Å². The highest BCUT2D eigenvalue weighted by Gasteiger charge is 2.35. The Bertz CT molecular complexity index is 981. The van der Waals surface area contributed by atoms with Gasteiger partial charge in [-0.25, -0.2) is 9.38 Å². The molecule has 0 aliphatic carbocycles. The van der Waals surface area contributed by atoms with Crippen LogP contribution in [-0.2, 0) is 16.0 Å². The Morgan fingerprint density at radius 1 is 1.19 bits per heavy atom. The molecule has 7 nitrogen and oxygen atoms in total. The molecule has 0 aromatic heterocycles. The molecule has 0 unspecified atom stereocenters. The van der Waals surface area contributed by atoms with Crippen molar-refractivity contribution < 1.29 is 23.5 Å². The summed E-state index contributed by atoms with van der Waals surface area (Å²) in [5, 5.41) is 2.44. The maximum atomic E-state index is 13.3. The normalized spacial score (nSPS) is 17.5. The molecule has 0 bridgehead atoms. The number of hydrogen-bond donors (Lipinski definition) is 1. The van der Waals surface area contributed by atoms with Crippen molar-refractivity contribution in [3.05, 3.63) is 53.8 Å². The third-order valence-electron chi connectivity index (χ3n) is 4.80. The average molecular weight is 446 g/mol. The lowest BCUT2D eigenvalue weighted by Gasteiger charge is -2.31. The van der Waals surface area contributed by atoms with Crippen LogP contribution in [0, 0.1) is 5.82 Å². The summed E-state index contributed by atoms with van der Waals surface area (Å²) in [6.45, 7) is 0.377. The minimum Gasteiger partial charge on any atom is -0.493 e. The molecular weight excluding hydrogens is 421 g/mol. The first-order chi connectivity index (χ1) is 14.9. The van der Waals surface area contributed by atoms with Crippen molar-refractivity contribution in [3.63, 3.8) is 0 Å². The molecule has 0 saturated carbocycles. The Morgan fingerprint density at radius 3 is 2.55 bits per heavy atom. The lowest BCUT2D eigenvalue weighted by atomic mass is 10.1. The van der Waals surface area contributed by atoms with Gasteiger partial charge in [0.15, 0.2) is 16.7 Å². The molecule has 31 heavy (non-hydrogen) atoms. The van der Waals surface area contributed by atoms with E-state index in [4.69, 9.17) is 9.47 Å². The maximum Gasteiger partial charge on any atom is 0.233 e. The molecule has 2 aromatic rings. The van der Waals surface area contributed by atoms with Crippen LogP contribution in [0.1, 0.15) is 12.0 Å². The van der Waals surface area contributed by atoms with Crippen LogP contribution >= 0.6 is 11.8 Å². The molecule has 9 heteroatoms. The van der Waals surface area contributed by atoms with Gasteiger partial charge < -0.3 is 14.8 Å². The van der Waals surface area contributed by atoms with E-state index in [1.807, 2.05) is 18.2 Å². The fourth-order valence-corrected chi connectivity index (χ4v) is 4.31. The standard InChI is InChI=1S/C22H24FN3O4S/c1-24-21(28)19-13-20(27)26(22(31-19)25-16-7-5-15(23)6-8-16)11-10-14-4-9-17(29-2)18(12-14)30-3/h4-9,12,19H,10-11,13H2,1-3H3,(H,24,28)/t19-/m1/s1. The first kappa shape index (κ1) is 22.6. The van der Waals surface area contributed by atoms with Crippen LogP contribution in [0.5, 0.6) is 11.5 Å². The molecule has 1 saturated heterocycles. The number of ether oxygens (including phenoxy) is 2. The third kappa shape index (κ3) is 5.55. The Kier molecular flexibility index (Phi) is 7.51. The van der Waals surface area contributed by atoms with Crippen molar-refractivity contribution >= 4 is 34.4 Å². The van der Waals surface area contributed by atoms with Crippen molar-refractivity contribution in [2.24, 2.45) is 4.99 Å². The number of methoxy groups -OCH3 is 2. The minimum atomic E-state index is -0.561. The van der Waals surface area contributed by atoms with E-state index < -0.39 is 5.25 Å². The number of hydrogen-bond acceptors (Lipinski definition) is 6. The van der Waals surface area contributed by atoms with Crippen molar-refractivity contribution in [2.45, 2.75) is 18.1 Å². The SMILES string of the molecule is CNC(=O)[C@H]1CC(=O)N(CCc2ccc(OC)c(OC)c2)C(=Nc2ccc(F)cc2)S1. The van der Waals surface area contributed by atoms with Gasteiger partial charge in [0.25, 0.3) is 0 Å². The topological polar surface area (TPSA) is 80.2 Å². The zero-order chi connectivity index (χ0) is 22.4. The summed E-state index contributed by atoms with van der Waals surface area (Å²) in [5.74, 6) is 0.449. The van der Waals surface area contributed by atoms with Gasteiger partial charge in [-0.2, -0.15) is 0 Å². The summed E-state index contributed by atoms with van der Waals surface area (Å²) < 4.78 is 23.9. The van der Waals surface area contributed by atoms with Gasteiger partial charge in [-0.1, -0.05) is 17.8 Å². The fourth-order valence-electron chi connectivity index (χ4n) is 3.13. The summed E-state index contributed by atoms with van der Waals surface area (Å²) in [7, 11) is 4.68. The van der Waals surface area contributed by atoms with E-state index in [0.717, 1.165) is 5.56 Å². The van der Waals surface area contributed by atoms with Crippen LogP contribution in [0.4, 0.5) is 10.1 Å². The summed E-state index contributed by atoms with van der Waals surface area (Å²) in [4.78, 5) is 31.1. The predicted molar refractivity (Wildman–Crippen MR) is 119 cm³/mol. The lowest BCUT2D eigenvalue weighted by molar-refractivity contribution is -0.130. The largest absolute Gasteiger partial charge is 0.493 e. The molecule has 2 amide bonds. The summed E-state index contributed by atoms with van der Waals surface area (Å²) in [6, 6.07) is 11.3. The molecule has 164 valence electrons. The number of nitrogens with zero attached hydrogens (tertiary/aromatic N) is 2. The van der Waals surface area contributed by atoms with Crippen LogP contribution in [-0.4, -0.2) is 54.9 Å². The number of rotatable bonds is 7. The Labute approximate surface area is 184 Å². The molecule has 0 spiro atoms. The van der Waals surface area contributed by atoms with E-state index in [1.54, 1.807) is 19.1 Å². The van der Waals surface area contributed by atoms with Crippen LogP contribution in [0.3, 0.4) is 0 Å². The number of benzene rings is 2. The second-order valence-corrected chi connectivity index (χ2v) is 7.95. The van der Waals surface area contributed by atoms with E-state index in [1.165, 1.54) is 43.1 Å². The van der Waals surface area contributed by atoms with Gasteiger partial charge in [0.05, 0.1) is 25.2 Å². The molecule has 1 fully saturated rings. The second-order valence-electron chi connectivity index (χ2n) is 6.78. The molecule has 1 heterocycles. The van der Waals surface area contributed by atoms with E-state index in [-0.39, 0.29) is 24.1 Å². The molecular formula is C22H24FN3O4S. The predicted octanol–water partition coefficient (Wildman–Crippen LogP) is 3.15. The van der Waals surface area contributed by atoms with Gasteiger partial charge in [-0.15, -0.1) is 0 Å². The smallest absolute Gasteiger partial charge is 0.233 e. The van der Waals surface area contributed by atoms with Crippen LogP contribution in [0.2, 0.25) is 0 Å². The second kappa shape index (κ2) is 10.3. The minimum absolute atomic E-state index is 0.0821. The highest BCUT2D eigenvalue weighted by molar-refractivity contribution is 8.15. The average Bonchev–Trinajstić information content (AvgIpc) is 2.79. The molecule has 2 aromatic carbocycles. The molecule has 1 atom stereocenters. The van der Waals surface area contributed by atoms with Gasteiger partial charge in [0.1, 0.15) is 5.82 Å².